The molecule has 1 atom stereocenters. The molecule has 0 fully saturated rings. The number of amides is 1. The number of nitrogens with one attached hydrogen (secondary N) is 1. The predicted octanol–water partition coefficient (Wildman–Crippen LogP) is 2.04. The summed E-state index contributed by atoms with van der Waals surface area (Å²) in [5, 5.41) is 2.90. The van der Waals surface area contributed by atoms with Crippen LogP contribution in [-0.2, 0) is 4.79 Å². The van der Waals surface area contributed by atoms with Crippen LogP contribution in [0.1, 0.15) is 19.8 Å². The SMILES string of the molecule is CC(CN)CNC(=O)CCSc1ccc2c(c1)OCCCO2. The van der Waals surface area contributed by atoms with E-state index in [2.05, 4.69) is 5.32 Å². The normalized spacial score (nSPS) is 15.0. The van der Waals surface area contributed by atoms with Crippen molar-refractivity contribution in [3.8, 4) is 11.5 Å². The molecule has 1 amide bonds. The quantitative estimate of drug-likeness (QED) is 0.751. The minimum absolute atomic E-state index is 0.0714. The van der Waals surface area contributed by atoms with Gasteiger partial charge in [-0.2, -0.15) is 0 Å². The smallest absolute Gasteiger partial charge is 0.220 e. The van der Waals surface area contributed by atoms with Crippen molar-refractivity contribution >= 4 is 17.7 Å². The number of hydrogen-bond acceptors (Lipinski definition) is 5. The molecule has 1 unspecified atom stereocenters. The molecule has 1 aliphatic rings. The standard InChI is InChI=1S/C16H24N2O3S/c1-12(10-17)11-18-16(19)5-8-22-13-3-4-14-15(9-13)21-7-2-6-20-14/h3-4,9,12H,2,5-8,10-11,17H2,1H3,(H,18,19). The summed E-state index contributed by atoms with van der Waals surface area (Å²) in [7, 11) is 0. The Balaban J connectivity index is 1.75. The van der Waals surface area contributed by atoms with Crippen molar-refractivity contribution in [3.63, 3.8) is 0 Å². The minimum Gasteiger partial charge on any atom is -0.490 e. The maximum atomic E-state index is 11.7. The zero-order valence-corrected chi connectivity index (χ0v) is 13.8. The number of benzene rings is 1. The Labute approximate surface area is 135 Å². The highest BCUT2D eigenvalue weighted by molar-refractivity contribution is 7.99. The van der Waals surface area contributed by atoms with Crippen LogP contribution in [-0.4, -0.2) is 38.0 Å². The number of hydrogen-bond donors (Lipinski definition) is 2. The number of fused-ring (bicyclic) bond motifs is 1. The van der Waals surface area contributed by atoms with Crippen molar-refractivity contribution in [2.24, 2.45) is 11.7 Å². The predicted molar refractivity (Wildman–Crippen MR) is 88.6 cm³/mol. The maximum Gasteiger partial charge on any atom is 0.220 e. The summed E-state index contributed by atoms with van der Waals surface area (Å²) in [6.07, 6.45) is 1.40. The second-order valence-electron chi connectivity index (χ2n) is 5.40. The Hall–Kier alpha value is -1.40. The number of rotatable bonds is 7. The zero-order chi connectivity index (χ0) is 15.8. The Morgan fingerprint density at radius 1 is 1.36 bits per heavy atom. The monoisotopic (exact) mass is 324 g/mol. The van der Waals surface area contributed by atoms with Gasteiger partial charge < -0.3 is 20.5 Å². The van der Waals surface area contributed by atoms with Gasteiger partial charge in [-0.05, 0) is 30.7 Å². The van der Waals surface area contributed by atoms with E-state index in [-0.39, 0.29) is 5.91 Å². The van der Waals surface area contributed by atoms with Crippen LogP contribution in [0.4, 0.5) is 0 Å². The van der Waals surface area contributed by atoms with Gasteiger partial charge in [0.15, 0.2) is 11.5 Å². The number of carbonyl (C=O) groups excluding carboxylic acids is 1. The first-order valence-corrected chi connectivity index (χ1v) is 8.67. The topological polar surface area (TPSA) is 73.6 Å². The van der Waals surface area contributed by atoms with Crippen LogP contribution < -0.4 is 20.5 Å². The van der Waals surface area contributed by atoms with Crippen LogP contribution in [0.5, 0.6) is 11.5 Å². The first-order valence-electron chi connectivity index (χ1n) is 7.68. The highest BCUT2D eigenvalue weighted by Crippen LogP contribution is 2.33. The van der Waals surface area contributed by atoms with Gasteiger partial charge in [0.25, 0.3) is 0 Å². The molecular weight excluding hydrogens is 300 g/mol. The molecule has 22 heavy (non-hydrogen) atoms. The van der Waals surface area contributed by atoms with Crippen molar-refractivity contribution in [1.29, 1.82) is 0 Å². The van der Waals surface area contributed by atoms with Gasteiger partial charge in [0.2, 0.25) is 5.91 Å². The van der Waals surface area contributed by atoms with E-state index in [1.54, 1.807) is 11.8 Å². The van der Waals surface area contributed by atoms with Gasteiger partial charge in [0.1, 0.15) is 0 Å². The van der Waals surface area contributed by atoms with Crippen LogP contribution >= 0.6 is 11.8 Å². The van der Waals surface area contributed by atoms with Gasteiger partial charge in [0, 0.05) is 30.0 Å². The molecule has 6 heteroatoms. The van der Waals surface area contributed by atoms with Gasteiger partial charge in [-0.1, -0.05) is 6.92 Å². The Kier molecular flexibility index (Phi) is 6.86. The summed E-state index contributed by atoms with van der Waals surface area (Å²) < 4.78 is 11.3. The number of thioether (sulfide) groups is 1. The van der Waals surface area contributed by atoms with E-state index >= 15 is 0 Å². The summed E-state index contributed by atoms with van der Waals surface area (Å²) in [6, 6.07) is 5.93. The molecule has 0 bridgehead atoms. The Morgan fingerprint density at radius 2 is 2.14 bits per heavy atom. The lowest BCUT2D eigenvalue weighted by molar-refractivity contribution is -0.120. The number of nitrogens with two attached hydrogens (primary N) is 1. The molecule has 0 aliphatic carbocycles. The maximum absolute atomic E-state index is 11.7. The van der Waals surface area contributed by atoms with Gasteiger partial charge in [-0.3, -0.25) is 4.79 Å². The van der Waals surface area contributed by atoms with E-state index in [0.29, 0.717) is 38.6 Å². The Bertz CT molecular complexity index is 496. The largest absolute Gasteiger partial charge is 0.490 e. The molecule has 122 valence electrons. The van der Waals surface area contributed by atoms with Gasteiger partial charge >= 0.3 is 0 Å². The van der Waals surface area contributed by atoms with Crippen LogP contribution in [0.3, 0.4) is 0 Å². The average Bonchev–Trinajstić information content (AvgIpc) is 2.77. The van der Waals surface area contributed by atoms with Crippen molar-refractivity contribution in [1.82, 2.24) is 5.32 Å². The van der Waals surface area contributed by atoms with Crippen molar-refractivity contribution in [2.75, 3.05) is 32.1 Å². The number of carbonyl (C=O) groups is 1. The second-order valence-corrected chi connectivity index (χ2v) is 6.57. The first kappa shape index (κ1) is 17.0. The van der Waals surface area contributed by atoms with Crippen molar-refractivity contribution < 1.29 is 14.3 Å². The molecule has 1 aromatic carbocycles. The first-order chi connectivity index (χ1) is 10.7. The molecule has 1 heterocycles. The summed E-state index contributed by atoms with van der Waals surface area (Å²) in [5.41, 5.74) is 5.52. The van der Waals surface area contributed by atoms with Gasteiger partial charge in [-0.25, -0.2) is 0 Å². The van der Waals surface area contributed by atoms with Crippen molar-refractivity contribution in [3.05, 3.63) is 18.2 Å². The zero-order valence-electron chi connectivity index (χ0n) is 13.0. The molecule has 1 aromatic rings. The lowest BCUT2D eigenvalue weighted by atomic mass is 10.2. The average molecular weight is 324 g/mol. The van der Waals surface area contributed by atoms with Gasteiger partial charge in [0.05, 0.1) is 13.2 Å². The summed E-state index contributed by atoms with van der Waals surface area (Å²) >= 11 is 1.65. The van der Waals surface area contributed by atoms with E-state index in [1.165, 1.54) is 0 Å². The fraction of sp³-hybridized carbons (Fsp3) is 0.562. The third kappa shape index (κ3) is 5.42. The summed E-state index contributed by atoms with van der Waals surface area (Å²) in [4.78, 5) is 12.8. The van der Waals surface area contributed by atoms with E-state index in [9.17, 15) is 4.79 Å². The van der Waals surface area contributed by atoms with E-state index in [1.807, 2.05) is 25.1 Å². The highest BCUT2D eigenvalue weighted by Gasteiger charge is 2.11. The second kappa shape index (κ2) is 8.90. The molecule has 2 rings (SSSR count). The summed E-state index contributed by atoms with van der Waals surface area (Å²) in [6.45, 7) is 4.63. The Morgan fingerprint density at radius 3 is 2.91 bits per heavy atom. The molecule has 0 radical (unpaired) electrons. The van der Waals surface area contributed by atoms with Crippen LogP contribution in [0, 0.1) is 5.92 Å². The van der Waals surface area contributed by atoms with Gasteiger partial charge in [-0.15, -0.1) is 11.8 Å². The number of ether oxygens (including phenoxy) is 2. The highest BCUT2D eigenvalue weighted by atomic mass is 32.2. The third-order valence-corrected chi connectivity index (χ3v) is 4.36. The van der Waals surface area contributed by atoms with Crippen LogP contribution in [0.2, 0.25) is 0 Å². The molecule has 0 spiro atoms. The van der Waals surface area contributed by atoms with E-state index in [0.717, 1.165) is 28.6 Å². The molecule has 0 saturated heterocycles. The molecule has 5 nitrogen and oxygen atoms in total. The van der Waals surface area contributed by atoms with E-state index in [4.69, 9.17) is 15.2 Å². The lowest BCUT2D eigenvalue weighted by Crippen LogP contribution is -2.31. The van der Waals surface area contributed by atoms with Crippen LogP contribution in [0.25, 0.3) is 0 Å². The molecule has 1 aliphatic heterocycles. The lowest BCUT2D eigenvalue weighted by Gasteiger charge is -2.10. The fourth-order valence-electron chi connectivity index (χ4n) is 1.95. The molecular formula is C16H24N2O3S. The van der Waals surface area contributed by atoms with Crippen LogP contribution in [0.15, 0.2) is 23.1 Å². The van der Waals surface area contributed by atoms with Crippen molar-refractivity contribution in [2.45, 2.75) is 24.7 Å². The molecule has 0 saturated carbocycles. The summed E-state index contributed by atoms with van der Waals surface area (Å²) in [5.74, 6) is 2.72. The molecule has 0 aromatic heterocycles. The minimum atomic E-state index is 0.0714. The fourth-order valence-corrected chi connectivity index (χ4v) is 2.83. The third-order valence-electron chi connectivity index (χ3n) is 3.37. The molecule has 3 N–H and O–H groups in total. The van der Waals surface area contributed by atoms with E-state index < -0.39 is 0 Å².